The van der Waals surface area contributed by atoms with Crippen LogP contribution in [0.1, 0.15) is 12.5 Å². The zero-order chi connectivity index (χ0) is 10.7. The summed E-state index contributed by atoms with van der Waals surface area (Å²) >= 11 is 4.86. The predicted octanol–water partition coefficient (Wildman–Crippen LogP) is 1.92. The summed E-state index contributed by atoms with van der Waals surface area (Å²) in [6.07, 6.45) is 0. The number of benzene rings is 1. The minimum atomic E-state index is -0.318. The van der Waals surface area contributed by atoms with Gasteiger partial charge in [0.1, 0.15) is 10.8 Å². The van der Waals surface area contributed by atoms with Crippen LogP contribution >= 0.6 is 12.2 Å². The molecule has 0 radical (unpaired) electrons. The molecule has 0 atom stereocenters. The highest BCUT2D eigenvalue weighted by Crippen LogP contribution is 2.20. The molecule has 76 valence electrons. The lowest BCUT2D eigenvalue weighted by Crippen LogP contribution is -2.21. The van der Waals surface area contributed by atoms with Gasteiger partial charge in [-0.2, -0.15) is 0 Å². The van der Waals surface area contributed by atoms with Crippen LogP contribution in [0, 0.1) is 5.82 Å². The molecule has 0 amide bonds. The Hall–Kier alpha value is -1.16. The first-order chi connectivity index (χ1) is 6.56. The minimum absolute atomic E-state index is 0.222. The monoisotopic (exact) mass is 212 g/mol. The Morgan fingerprint density at radius 1 is 1.57 bits per heavy atom. The van der Waals surface area contributed by atoms with E-state index in [1.807, 2.05) is 18.9 Å². The number of hydrogen-bond acceptors (Lipinski definition) is 2. The van der Waals surface area contributed by atoms with Gasteiger partial charge in [-0.1, -0.05) is 12.2 Å². The Morgan fingerprint density at radius 2 is 2.21 bits per heavy atom. The molecule has 0 bridgehead atoms. The van der Waals surface area contributed by atoms with Crippen molar-refractivity contribution in [2.24, 2.45) is 5.73 Å². The van der Waals surface area contributed by atoms with E-state index in [2.05, 4.69) is 0 Å². The average molecular weight is 212 g/mol. The highest BCUT2D eigenvalue weighted by atomic mass is 32.1. The topological polar surface area (TPSA) is 29.3 Å². The first-order valence-electron chi connectivity index (χ1n) is 4.36. The summed E-state index contributed by atoms with van der Waals surface area (Å²) in [5.41, 5.74) is 6.96. The van der Waals surface area contributed by atoms with Crippen molar-refractivity contribution < 1.29 is 4.39 Å². The average Bonchev–Trinajstić information content (AvgIpc) is 2.16. The van der Waals surface area contributed by atoms with Crippen LogP contribution in [0.25, 0.3) is 0 Å². The van der Waals surface area contributed by atoms with Crippen LogP contribution in [0.4, 0.5) is 10.1 Å². The van der Waals surface area contributed by atoms with Gasteiger partial charge in [-0.15, -0.1) is 0 Å². The lowest BCUT2D eigenvalue weighted by atomic mass is 10.1. The number of anilines is 1. The molecule has 0 fully saturated rings. The van der Waals surface area contributed by atoms with E-state index in [1.165, 1.54) is 12.1 Å². The molecule has 0 unspecified atom stereocenters. The van der Waals surface area contributed by atoms with Gasteiger partial charge in [0, 0.05) is 24.8 Å². The maximum atomic E-state index is 12.9. The van der Waals surface area contributed by atoms with Crippen LogP contribution in [0.2, 0.25) is 0 Å². The molecule has 1 aromatic carbocycles. The molecule has 0 aliphatic rings. The Kier molecular flexibility index (Phi) is 3.41. The SMILES string of the molecule is CCN(C)c1ccc(F)cc1C(N)=S. The number of rotatable bonds is 3. The first kappa shape index (κ1) is 10.9. The quantitative estimate of drug-likeness (QED) is 0.776. The summed E-state index contributed by atoms with van der Waals surface area (Å²) in [6.45, 7) is 2.83. The van der Waals surface area contributed by atoms with E-state index in [4.69, 9.17) is 18.0 Å². The van der Waals surface area contributed by atoms with E-state index < -0.39 is 0 Å². The Bertz CT molecular complexity index is 352. The van der Waals surface area contributed by atoms with Gasteiger partial charge in [0.25, 0.3) is 0 Å². The van der Waals surface area contributed by atoms with E-state index in [1.54, 1.807) is 6.07 Å². The lowest BCUT2D eigenvalue weighted by Gasteiger charge is -2.20. The summed E-state index contributed by atoms with van der Waals surface area (Å²) in [5.74, 6) is -0.318. The van der Waals surface area contributed by atoms with E-state index >= 15 is 0 Å². The third-order valence-corrected chi connectivity index (χ3v) is 2.33. The van der Waals surface area contributed by atoms with Gasteiger partial charge in [-0.25, -0.2) is 4.39 Å². The van der Waals surface area contributed by atoms with Gasteiger partial charge in [-0.05, 0) is 25.1 Å². The van der Waals surface area contributed by atoms with Crippen LogP contribution in [0.3, 0.4) is 0 Å². The van der Waals surface area contributed by atoms with Crippen molar-refractivity contribution in [1.82, 2.24) is 0 Å². The molecule has 1 aromatic rings. The number of nitrogens with two attached hydrogens (primary N) is 1. The van der Waals surface area contributed by atoms with Crippen LogP contribution in [-0.4, -0.2) is 18.6 Å². The minimum Gasteiger partial charge on any atom is -0.389 e. The van der Waals surface area contributed by atoms with Crippen molar-refractivity contribution >= 4 is 22.9 Å². The molecule has 2 N–H and O–H groups in total. The molecular formula is C10H13FN2S. The summed E-state index contributed by atoms with van der Waals surface area (Å²) in [5, 5.41) is 0. The van der Waals surface area contributed by atoms with Crippen molar-refractivity contribution in [3.8, 4) is 0 Å². The summed E-state index contributed by atoms with van der Waals surface area (Å²) in [4.78, 5) is 2.19. The van der Waals surface area contributed by atoms with Crippen molar-refractivity contribution in [3.63, 3.8) is 0 Å². The lowest BCUT2D eigenvalue weighted by molar-refractivity contribution is 0.627. The molecule has 0 heterocycles. The zero-order valence-corrected chi connectivity index (χ0v) is 9.07. The van der Waals surface area contributed by atoms with Gasteiger partial charge in [-0.3, -0.25) is 0 Å². The number of thiocarbonyl (C=S) groups is 1. The van der Waals surface area contributed by atoms with Crippen molar-refractivity contribution in [3.05, 3.63) is 29.6 Å². The molecule has 0 aromatic heterocycles. The van der Waals surface area contributed by atoms with E-state index in [0.717, 1.165) is 12.2 Å². The van der Waals surface area contributed by atoms with Gasteiger partial charge in [0.2, 0.25) is 0 Å². The molecule has 4 heteroatoms. The third kappa shape index (κ3) is 2.20. The van der Waals surface area contributed by atoms with Gasteiger partial charge < -0.3 is 10.6 Å². The smallest absolute Gasteiger partial charge is 0.124 e. The fourth-order valence-electron chi connectivity index (χ4n) is 1.21. The van der Waals surface area contributed by atoms with E-state index in [9.17, 15) is 4.39 Å². The molecule has 0 spiro atoms. The van der Waals surface area contributed by atoms with Gasteiger partial charge in [0.05, 0.1) is 0 Å². The second-order valence-corrected chi connectivity index (χ2v) is 3.48. The number of halogens is 1. The fourth-order valence-corrected chi connectivity index (χ4v) is 1.37. The molecule has 0 aliphatic heterocycles. The molecule has 2 nitrogen and oxygen atoms in total. The van der Waals surface area contributed by atoms with Crippen LogP contribution in [0.15, 0.2) is 18.2 Å². The third-order valence-electron chi connectivity index (χ3n) is 2.11. The summed E-state index contributed by atoms with van der Waals surface area (Å²) in [6, 6.07) is 4.46. The maximum absolute atomic E-state index is 12.9. The van der Waals surface area contributed by atoms with Crippen molar-refractivity contribution in [2.45, 2.75) is 6.92 Å². The molecule has 1 rings (SSSR count). The van der Waals surface area contributed by atoms with Crippen molar-refractivity contribution in [1.29, 1.82) is 0 Å². The summed E-state index contributed by atoms with van der Waals surface area (Å²) in [7, 11) is 1.91. The van der Waals surface area contributed by atoms with Gasteiger partial charge in [0.15, 0.2) is 0 Å². The second-order valence-electron chi connectivity index (χ2n) is 3.04. The van der Waals surface area contributed by atoms with Crippen LogP contribution < -0.4 is 10.6 Å². The fraction of sp³-hybridized carbons (Fsp3) is 0.300. The molecule has 0 aliphatic carbocycles. The second kappa shape index (κ2) is 4.37. The number of nitrogens with zero attached hydrogens (tertiary/aromatic N) is 1. The molecule has 0 saturated heterocycles. The highest BCUT2D eigenvalue weighted by molar-refractivity contribution is 7.80. The maximum Gasteiger partial charge on any atom is 0.124 e. The Morgan fingerprint density at radius 3 is 2.71 bits per heavy atom. The Labute approximate surface area is 88.5 Å². The zero-order valence-electron chi connectivity index (χ0n) is 8.25. The largest absolute Gasteiger partial charge is 0.389 e. The molecule has 14 heavy (non-hydrogen) atoms. The van der Waals surface area contributed by atoms with E-state index in [-0.39, 0.29) is 10.8 Å². The van der Waals surface area contributed by atoms with Crippen LogP contribution in [-0.2, 0) is 0 Å². The first-order valence-corrected chi connectivity index (χ1v) is 4.77. The standard InChI is InChI=1S/C10H13FN2S/c1-3-13(2)9-5-4-7(11)6-8(9)10(12)14/h4-6H,3H2,1-2H3,(H2,12,14). The molecular weight excluding hydrogens is 199 g/mol. The normalized spacial score (nSPS) is 9.93. The number of hydrogen-bond donors (Lipinski definition) is 1. The van der Waals surface area contributed by atoms with E-state index in [0.29, 0.717) is 5.56 Å². The van der Waals surface area contributed by atoms with Gasteiger partial charge >= 0.3 is 0 Å². The summed E-state index contributed by atoms with van der Waals surface area (Å²) < 4.78 is 12.9. The Balaban J connectivity index is 3.21. The van der Waals surface area contributed by atoms with Crippen LogP contribution in [0.5, 0.6) is 0 Å². The highest BCUT2D eigenvalue weighted by Gasteiger charge is 2.09. The molecule has 0 saturated carbocycles. The van der Waals surface area contributed by atoms with Crippen molar-refractivity contribution in [2.75, 3.05) is 18.5 Å². The predicted molar refractivity (Wildman–Crippen MR) is 61.2 cm³/mol.